The normalized spacial score (nSPS) is 14.3. The fourth-order valence-corrected chi connectivity index (χ4v) is 3.36. The van der Waals surface area contributed by atoms with E-state index in [2.05, 4.69) is 10.2 Å². The van der Waals surface area contributed by atoms with Crippen LogP contribution in [0.25, 0.3) is 0 Å². The summed E-state index contributed by atoms with van der Waals surface area (Å²) in [4.78, 5) is 12.5. The number of carbonyl (C=O) groups is 1. The Labute approximate surface area is 188 Å². The number of hydrogen-bond donors (Lipinski definition) is 1. The average Bonchev–Trinajstić information content (AvgIpc) is 2.77. The topological polar surface area (TPSA) is 65.4 Å². The maximum Gasteiger partial charge on any atom is 0.124 e. The largest absolute Gasteiger partial charge is 0.490 e. The predicted octanol–water partition coefficient (Wildman–Crippen LogP) is 4.36. The van der Waals surface area contributed by atoms with Gasteiger partial charge in [0, 0.05) is 38.7 Å². The summed E-state index contributed by atoms with van der Waals surface area (Å²) in [5.41, 5.74) is 1.57. The van der Waals surface area contributed by atoms with Crippen LogP contribution in [0.3, 0.4) is 0 Å². The van der Waals surface area contributed by atoms with Crippen molar-refractivity contribution >= 4 is 29.5 Å². The van der Waals surface area contributed by atoms with Gasteiger partial charge >= 0.3 is 0 Å². The molecular formula is C23H27Cl2N3O2. The number of rotatable bonds is 7. The molecule has 1 aliphatic heterocycles. The first-order valence-corrected chi connectivity index (χ1v) is 10.7. The van der Waals surface area contributed by atoms with Gasteiger partial charge in [0.15, 0.2) is 0 Å². The quantitative estimate of drug-likeness (QED) is 0.638. The Morgan fingerprint density at radius 1 is 1.17 bits per heavy atom. The third kappa shape index (κ3) is 8.33. The molecule has 3 rings (SSSR count). The van der Waals surface area contributed by atoms with E-state index in [4.69, 9.17) is 33.2 Å². The van der Waals surface area contributed by atoms with Crippen LogP contribution in [-0.2, 0) is 11.2 Å². The zero-order valence-electron chi connectivity index (χ0n) is 17.1. The number of benzene rings is 2. The molecule has 30 heavy (non-hydrogen) atoms. The lowest BCUT2D eigenvalue weighted by atomic mass is 10.1. The molecule has 0 aliphatic carbocycles. The van der Waals surface area contributed by atoms with Gasteiger partial charge in [-0.1, -0.05) is 35.3 Å². The van der Waals surface area contributed by atoms with Gasteiger partial charge in [0.05, 0.1) is 21.7 Å². The van der Waals surface area contributed by atoms with Crippen LogP contribution in [0, 0.1) is 11.3 Å². The number of piperidine rings is 1. The van der Waals surface area contributed by atoms with E-state index >= 15 is 0 Å². The number of nitriles is 1. The molecule has 0 atom stereocenters. The van der Waals surface area contributed by atoms with Crippen molar-refractivity contribution in [2.24, 2.45) is 0 Å². The monoisotopic (exact) mass is 447 g/mol. The summed E-state index contributed by atoms with van der Waals surface area (Å²) in [6.45, 7) is 4.33. The minimum Gasteiger partial charge on any atom is -0.490 e. The maximum absolute atomic E-state index is 10.1. The van der Waals surface area contributed by atoms with Crippen LogP contribution < -0.4 is 10.1 Å². The van der Waals surface area contributed by atoms with Crippen LogP contribution in [0.15, 0.2) is 42.5 Å². The number of nitrogens with zero attached hydrogens (tertiary/aromatic N) is 2. The molecule has 1 heterocycles. The average molecular weight is 448 g/mol. The van der Waals surface area contributed by atoms with Crippen LogP contribution in [-0.4, -0.2) is 50.5 Å². The molecule has 5 nitrogen and oxygen atoms in total. The number of aldehydes is 1. The number of halogens is 2. The van der Waals surface area contributed by atoms with Crippen molar-refractivity contribution in [1.29, 1.82) is 5.26 Å². The summed E-state index contributed by atoms with van der Waals surface area (Å²) in [6, 6.07) is 14.4. The molecule has 1 aliphatic rings. The van der Waals surface area contributed by atoms with Crippen molar-refractivity contribution < 1.29 is 9.53 Å². The van der Waals surface area contributed by atoms with Gasteiger partial charge in [0.25, 0.3) is 0 Å². The van der Waals surface area contributed by atoms with Gasteiger partial charge in [0.2, 0.25) is 0 Å². The van der Waals surface area contributed by atoms with Gasteiger partial charge in [-0.25, -0.2) is 0 Å². The molecule has 0 aromatic heterocycles. The Kier molecular flexibility index (Phi) is 10.7. The summed E-state index contributed by atoms with van der Waals surface area (Å²) in [6.07, 6.45) is 3.67. The third-order valence-corrected chi connectivity index (χ3v) is 5.55. The molecule has 1 saturated heterocycles. The van der Waals surface area contributed by atoms with E-state index in [1.54, 1.807) is 36.4 Å². The summed E-state index contributed by atoms with van der Waals surface area (Å²) in [7, 11) is 1.99. The SMILES string of the molecule is CNCCN1CCC(Oc2ccc(Cl)c(Cl)c2)CC1.N#Cc1ccc(CC=O)cc1. The van der Waals surface area contributed by atoms with Crippen molar-refractivity contribution in [2.45, 2.75) is 25.4 Å². The van der Waals surface area contributed by atoms with Gasteiger partial charge in [0.1, 0.15) is 18.1 Å². The van der Waals surface area contributed by atoms with Crippen molar-refractivity contribution in [2.75, 3.05) is 33.2 Å². The number of hydrogen-bond acceptors (Lipinski definition) is 5. The molecule has 0 amide bonds. The third-order valence-electron chi connectivity index (χ3n) is 4.81. The number of ether oxygens (including phenoxy) is 1. The Bertz CT molecular complexity index is 829. The second-order valence-corrected chi connectivity index (χ2v) is 7.83. The van der Waals surface area contributed by atoms with Crippen LogP contribution in [0.2, 0.25) is 10.0 Å². The molecule has 160 valence electrons. The Morgan fingerprint density at radius 2 is 1.87 bits per heavy atom. The zero-order chi connectivity index (χ0) is 21.8. The number of likely N-dealkylation sites (tertiary alicyclic amines) is 1. The van der Waals surface area contributed by atoms with Crippen LogP contribution in [0.1, 0.15) is 24.0 Å². The van der Waals surface area contributed by atoms with E-state index in [0.717, 1.165) is 56.6 Å². The van der Waals surface area contributed by atoms with E-state index in [9.17, 15) is 4.79 Å². The van der Waals surface area contributed by atoms with Crippen molar-refractivity contribution in [3.8, 4) is 11.8 Å². The minimum atomic E-state index is 0.281. The Balaban J connectivity index is 0.000000248. The lowest BCUT2D eigenvalue weighted by Crippen LogP contribution is -2.40. The van der Waals surface area contributed by atoms with Crippen molar-refractivity contribution in [3.05, 3.63) is 63.6 Å². The fourth-order valence-electron chi connectivity index (χ4n) is 3.07. The van der Waals surface area contributed by atoms with Crippen molar-refractivity contribution in [3.63, 3.8) is 0 Å². The van der Waals surface area contributed by atoms with E-state index in [1.165, 1.54) is 0 Å². The number of carbonyl (C=O) groups excluding carboxylic acids is 1. The van der Waals surface area contributed by atoms with E-state index in [1.807, 2.05) is 19.2 Å². The second-order valence-electron chi connectivity index (χ2n) is 7.02. The first kappa shape index (κ1) is 24.2. The van der Waals surface area contributed by atoms with Gasteiger partial charge in [-0.15, -0.1) is 0 Å². The fraction of sp³-hybridized carbons (Fsp3) is 0.391. The van der Waals surface area contributed by atoms with Gasteiger partial charge in [-0.05, 0) is 49.7 Å². The highest BCUT2D eigenvalue weighted by Crippen LogP contribution is 2.28. The number of likely N-dealkylation sites (N-methyl/N-ethyl adjacent to an activating group) is 1. The highest BCUT2D eigenvalue weighted by atomic mass is 35.5. The lowest BCUT2D eigenvalue weighted by molar-refractivity contribution is -0.107. The standard InChI is InChI=1S/C14H20Cl2N2O.C9H7NO/c1-17-6-9-18-7-4-11(5-8-18)19-12-2-3-13(15)14(16)10-12;10-7-9-3-1-8(2-4-9)5-6-11/h2-3,10-11,17H,4-9H2,1H3;1-4,6H,5H2. The second kappa shape index (κ2) is 13.3. The molecular weight excluding hydrogens is 421 g/mol. The van der Waals surface area contributed by atoms with Crippen molar-refractivity contribution in [1.82, 2.24) is 10.2 Å². The molecule has 0 saturated carbocycles. The molecule has 0 radical (unpaired) electrons. The molecule has 7 heteroatoms. The van der Waals surface area contributed by atoms with E-state index < -0.39 is 0 Å². The lowest BCUT2D eigenvalue weighted by Gasteiger charge is -2.32. The van der Waals surface area contributed by atoms with E-state index in [-0.39, 0.29) is 6.10 Å². The van der Waals surface area contributed by atoms with Crippen LogP contribution in [0.5, 0.6) is 5.75 Å². The minimum absolute atomic E-state index is 0.281. The highest BCUT2D eigenvalue weighted by Gasteiger charge is 2.20. The van der Waals surface area contributed by atoms with E-state index in [0.29, 0.717) is 22.0 Å². The molecule has 1 N–H and O–H groups in total. The predicted molar refractivity (Wildman–Crippen MR) is 121 cm³/mol. The van der Waals surface area contributed by atoms with Crippen LogP contribution in [0.4, 0.5) is 0 Å². The highest BCUT2D eigenvalue weighted by molar-refractivity contribution is 6.42. The zero-order valence-corrected chi connectivity index (χ0v) is 18.6. The first-order chi connectivity index (χ1) is 14.5. The Morgan fingerprint density at radius 3 is 2.43 bits per heavy atom. The van der Waals surface area contributed by atoms with Gasteiger partial charge in [-0.3, -0.25) is 0 Å². The maximum atomic E-state index is 10.1. The molecule has 0 unspecified atom stereocenters. The first-order valence-electron chi connectivity index (χ1n) is 9.97. The Hall–Kier alpha value is -2.10. The summed E-state index contributed by atoms with van der Waals surface area (Å²) in [5.74, 6) is 0.808. The smallest absolute Gasteiger partial charge is 0.124 e. The molecule has 0 spiro atoms. The summed E-state index contributed by atoms with van der Waals surface area (Å²) in [5, 5.41) is 12.7. The van der Waals surface area contributed by atoms with Crippen LogP contribution >= 0.6 is 23.2 Å². The molecule has 2 aromatic rings. The molecule has 1 fully saturated rings. The van der Waals surface area contributed by atoms with Gasteiger partial charge in [-0.2, -0.15) is 5.26 Å². The number of nitrogens with one attached hydrogen (secondary N) is 1. The van der Waals surface area contributed by atoms with Gasteiger partial charge < -0.3 is 19.7 Å². The summed E-state index contributed by atoms with van der Waals surface area (Å²) < 4.78 is 5.96. The summed E-state index contributed by atoms with van der Waals surface area (Å²) >= 11 is 11.9. The molecule has 0 bridgehead atoms. The molecule has 2 aromatic carbocycles.